The predicted molar refractivity (Wildman–Crippen MR) is 86.0 cm³/mol. The van der Waals surface area contributed by atoms with Gasteiger partial charge in [-0.1, -0.05) is 71.1 Å². The van der Waals surface area contributed by atoms with Crippen LogP contribution in [0.15, 0.2) is 0 Å². The van der Waals surface area contributed by atoms with Crippen LogP contribution in [0.1, 0.15) is 77.6 Å². The van der Waals surface area contributed by atoms with Crippen molar-refractivity contribution in [1.29, 1.82) is 0 Å². The van der Waals surface area contributed by atoms with Gasteiger partial charge in [-0.05, 0) is 6.42 Å². The molecule has 2 N–H and O–H groups in total. The first-order chi connectivity index (χ1) is 8.95. The molecule has 0 aromatic carbocycles. The van der Waals surface area contributed by atoms with Crippen molar-refractivity contribution >= 4 is 39.7 Å². The SMILES string of the molecule is CCCCCCCCCCCCC(O)CS(=O)(=O)O.[NaH]. The van der Waals surface area contributed by atoms with Gasteiger partial charge in [-0.15, -0.1) is 0 Å². The second kappa shape index (κ2) is 14.8. The van der Waals surface area contributed by atoms with E-state index in [0.717, 1.165) is 19.3 Å². The number of rotatable bonds is 13. The first-order valence-corrected chi connectivity index (χ1v) is 9.20. The van der Waals surface area contributed by atoms with Gasteiger partial charge < -0.3 is 5.11 Å². The van der Waals surface area contributed by atoms with Crippen molar-refractivity contribution in [3.05, 3.63) is 0 Å². The zero-order valence-electron chi connectivity index (χ0n) is 12.2. The normalized spacial score (nSPS) is 12.9. The zero-order chi connectivity index (χ0) is 14.6. The molecule has 0 heterocycles. The molecule has 0 radical (unpaired) electrons. The quantitative estimate of drug-likeness (QED) is 0.311. The third-order valence-electron chi connectivity index (χ3n) is 3.29. The summed E-state index contributed by atoms with van der Waals surface area (Å²) in [6, 6.07) is 0. The summed E-state index contributed by atoms with van der Waals surface area (Å²) in [5.41, 5.74) is 0. The Kier molecular flexibility index (Phi) is 17.1. The van der Waals surface area contributed by atoms with E-state index in [4.69, 9.17) is 4.55 Å². The summed E-state index contributed by atoms with van der Waals surface area (Å²) in [5.74, 6) is -0.537. The molecule has 6 heteroatoms. The molecule has 0 aliphatic rings. The second-order valence-corrected chi connectivity index (χ2v) is 6.87. The zero-order valence-corrected chi connectivity index (χ0v) is 13.0. The molecule has 0 aliphatic heterocycles. The summed E-state index contributed by atoms with van der Waals surface area (Å²) in [4.78, 5) is 0. The van der Waals surface area contributed by atoms with E-state index in [9.17, 15) is 13.5 Å². The standard InChI is InChI=1S/C14H30O4S.Na.H/c1-2-3-4-5-6-7-8-9-10-11-12-14(15)13-19(16,17)18;;/h14-15H,2-13H2,1H3,(H,16,17,18);;. The molecule has 118 valence electrons. The Balaban J connectivity index is 0. The van der Waals surface area contributed by atoms with Crippen molar-refractivity contribution in [3.8, 4) is 0 Å². The molecule has 0 aromatic rings. The van der Waals surface area contributed by atoms with Crippen molar-refractivity contribution in [2.75, 3.05) is 5.75 Å². The fourth-order valence-corrected chi connectivity index (χ4v) is 2.85. The van der Waals surface area contributed by atoms with Crippen LogP contribution in [-0.4, -0.2) is 59.5 Å². The Morgan fingerprint density at radius 2 is 1.25 bits per heavy atom. The average molecular weight is 318 g/mol. The van der Waals surface area contributed by atoms with E-state index >= 15 is 0 Å². The van der Waals surface area contributed by atoms with Crippen LogP contribution in [0.5, 0.6) is 0 Å². The van der Waals surface area contributed by atoms with Crippen molar-refractivity contribution in [2.45, 2.75) is 83.7 Å². The second-order valence-electron chi connectivity index (χ2n) is 5.37. The molecule has 0 fully saturated rings. The minimum atomic E-state index is -4.04. The van der Waals surface area contributed by atoms with Gasteiger partial charge in [-0.3, -0.25) is 4.55 Å². The van der Waals surface area contributed by atoms with E-state index in [2.05, 4.69) is 6.92 Å². The first kappa shape index (κ1) is 23.1. The van der Waals surface area contributed by atoms with Crippen LogP contribution in [0.3, 0.4) is 0 Å². The van der Waals surface area contributed by atoms with E-state index in [1.165, 1.54) is 44.9 Å². The Bertz CT molecular complexity index is 294. The van der Waals surface area contributed by atoms with Gasteiger partial charge in [0.05, 0.1) is 6.10 Å². The topological polar surface area (TPSA) is 74.6 Å². The van der Waals surface area contributed by atoms with E-state index < -0.39 is 22.0 Å². The van der Waals surface area contributed by atoms with E-state index in [0.29, 0.717) is 6.42 Å². The van der Waals surface area contributed by atoms with Gasteiger partial charge in [0.1, 0.15) is 5.75 Å². The number of aliphatic hydroxyl groups is 1. The fraction of sp³-hybridized carbons (Fsp3) is 1.00. The fourth-order valence-electron chi connectivity index (χ4n) is 2.19. The van der Waals surface area contributed by atoms with Crippen LogP contribution in [0.25, 0.3) is 0 Å². The Hall–Kier alpha value is 0.870. The van der Waals surface area contributed by atoms with Gasteiger partial charge in [0.15, 0.2) is 0 Å². The Morgan fingerprint density at radius 3 is 1.65 bits per heavy atom. The van der Waals surface area contributed by atoms with Gasteiger partial charge in [-0.25, -0.2) is 0 Å². The molecule has 0 saturated heterocycles. The van der Waals surface area contributed by atoms with Crippen LogP contribution >= 0.6 is 0 Å². The van der Waals surface area contributed by atoms with Gasteiger partial charge in [0, 0.05) is 0 Å². The third-order valence-corrected chi connectivity index (χ3v) is 4.10. The molecule has 0 aromatic heterocycles. The molecular formula is C14H31NaO4S. The predicted octanol–water partition coefficient (Wildman–Crippen LogP) is 2.90. The number of aliphatic hydroxyl groups excluding tert-OH is 1. The number of hydrogen-bond donors (Lipinski definition) is 2. The van der Waals surface area contributed by atoms with E-state index in [1.807, 2.05) is 0 Å². The summed E-state index contributed by atoms with van der Waals surface area (Å²) in [7, 11) is -4.04. The van der Waals surface area contributed by atoms with Gasteiger partial charge in [-0.2, -0.15) is 8.42 Å². The maximum absolute atomic E-state index is 10.5. The first-order valence-electron chi connectivity index (χ1n) is 7.59. The van der Waals surface area contributed by atoms with Crippen molar-refractivity contribution in [1.82, 2.24) is 0 Å². The van der Waals surface area contributed by atoms with Crippen LogP contribution in [-0.2, 0) is 10.1 Å². The van der Waals surface area contributed by atoms with Gasteiger partial charge in [0.2, 0.25) is 0 Å². The monoisotopic (exact) mass is 318 g/mol. The molecular weight excluding hydrogens is 287 g/mol. The maximum atomic E-state index is 10.5. The van der Waals surface area contributed by atoms with Crippen molar-refractivity contribution < 1.29 is 18.1 Å². The van der Waals surface area contributed by atoms with Crippen LogP contribution in [0.2, 0.25) is 0 Å². The minimum absolute atomic E-state index is 0. The molecule has 0 spiro atoms. The summed E-state index contributed by atoms with van der Waals surface area (Å²) in [5, 5.41) is 9.37. The summed E-state index contributed by atoms with van der Waals surface area (Å²) >= 11 is 0. The summed E-state index contributed by atoms with van der Waals surface area (Å²) in [6.45, 7) is 2.22. The van der Waals surface area contributed by atoms with Gasteiger partial charge in [0.25, 0.3) is 10.1 Å². The van der Waals surface area contributed by atoms with E-state index in [1.54, 1.807) is 0 Å². The van der Waals surface area contributed by atoms with Crippen LogP contribution in [0, 0.1) is 0 Å². The molecule has 0 saturated carbocycles. The molecule has 20 heavy (non-hydrogen) atoms. The van der Waals surface area contributed by atoms with Crippen LogP contribution in [0.4, 0.5) is 0 Å². The third kappa shape index (κ3) is 18.9. The molecule has 0 amide bonds. The van der Waals surface area contributed by atoms with Crippen molar-refractivity contribution in [3.63, 3.8) is 0 Å². The number of hydrogen-bond acceptors (Lipinski definition) is 3. The molecule has 0 rings (SSSR count). The Labute approximate surface area is 146 Å². The molecule has 1 unspecified atom stereocenters. The molecule has 0 bridgehead atoms. The Morgan fingerprint density at radius 1 is 0.850 bits per heavy atom. The van der Waals surface area contributed by atoms with Gasteiger partial charge >= 0.3 is 29.6 Å². The summed E-state index contributed by atoms with van der Waals surface area (Å²) < 4.78 is 29.6. The molecule has 4 nitrogen and oxygen atoms in total. The molecule has 0 aliphatic carbocycles. The van der Waals surface area contributed by atoms with Crippen LogP contribution < -0.4 is 0 Å². The summed E-state index contributed by atoms with van der Waals surface area (Å²) in [6.07, 6.45) is 11.6. The van der Waals surface area contributed by atoms with Crippen molar-refractivity contribution in [2.24, 2.45) is 0 Å². The van der Waals surface area contributed by atoms with E-state index in [-0.39, 0.29) is 29.6 Å². The molecule has 1 atom stereocenters. The average Bonchev–Trinajstić information content (AvgIpc) is 2.29. The number of unbranched alkanes of at least 4 members (excludes halogenated alkanes) is 9.